The van der Waals surface area contributed by atoms with Gasteiger partial charge in [-0.25, -0.2) is 4.39 Å². The van der Waals surface area contributed by atoms with Crippen molar-refractivity contribution in [2.75, 3.05) is 44.3 Å². The maximum atomic E-state index is 14.0. The number of hydrogen-bond donors (Lipinski definition) is 1. The summed E-state index contributed by atoms with van der Waals surface area (Å²) < 4.78 is 19.9. The highest BCUT2D eigenvalue weighted by atomic mass is 19.1. The topological polar surface area (TPSA) is 53.0 Å². The molecule has 0 aliphatic carbocycles. The molecule has 2 aromatic carbocycles. The van der Waals surface area contributed by atoms with Gasteiger partial charge in [-0.15, -0.1) is 0 Å². The van der Waals surface area contributed by atoms with Crippen molar-refractivity contribution in [1.29, 1.82) is 0 Å². The molecule has 0 radical (unpaired) electrons. The number of para-hydroxylation sites is 1. The molecular formula is C24H29FN2O3. The van der Waals surface area contributed by atoms with Crippen molar-refractivity contribution < 1.29 is 19.0 Å². The molecule has 0 unspecified atom stereocenters. The van der Waals surface area contributed by atoms with E-state index in [0.717, 1.165) is 55.7 Å². The van der Waals surface area contributed by atoms with Crippen LogP contribution in [-0.2, 0) is 22.4 Å². The average molecular weight is 413 g/mol. The summed E-state index contributed by atoms with van der Waals surface area (Å²) in [5.41, 5.74) is 4.46. The first-order valence-electron chi connectivity index (χ1n) is 10.8. The first-order chi connectivity index (χ1) is 14.6. The first kappa shape index (κ1) is 20.8. The zero-order valence-corrected chi connectivity index (χ0v) is 17.2. The number of fused-ring (bicyclic) bond motifs is 2. The Morgan fingerprint density at radius 3 is 2.67 bits per heavy atom. The fraction of sp³-hybridized carbons (Fsp3) is 0.458. The molecule has 1 atom stereocenters. The van der Waals surface area contributed by atoms with Crippen LogP contribution < -0.4 is 4.90 Å². The normalized spacial score (nSPS) is 19.1. The van der Waals surface area contributed by atoms with Crippen molar-refractivity contribution >= 4 is 17.3 Å². The number of nitrogens with zero attached hydrogens (tertiary/aromatic N) is 2. The molecular weight excluding hydrogens is 383 g/mol. The van der Waals surface area contributed by atoms with Gasteiger partial charge >= 0.3 is 5.97 Å². The largest absolute Gasteiger partial charge is 0.481 e. The second-order valence-electron chi connectivity index (χ2n) is 8.14. The number of aliphatic carboxylic acids is 1. The van der Waals surface area contributed by atoms with E-state index in [1.807, 2.05) is 18.2 Å². The molecule has 4 rings (SSSR count). The molecule has 0 bridgehead atoms. The number of carboxylic acids is 1. The van der Waals surface area contributed by atoms with Crippen LogP contribution in [0.25, 0.3) is 0 Å². The number of rotatable bonds is 7. The van der Waals surface area contributed by atoms with Crippen LogP contribution in [0.1, 0.15) is 24.0 Å². The summed E-state index contributed by atoms with van der Waals surface area (Å²) in [6.45, 7) is 4.01. The number of likely N-dealkylation sites (tertiary alicyclic amines) is 1. The van der Waals surface area contributed by atoms with Crippen molar-refractivity contribution in [3.63, 3.8) is 0 Å². The summed E-state index contributed by atoms with van der Waals surface area (Å²) in [4.78, 5) is 15.6. The van der Waals surface area contributed by atoms with E-state index in [0.29, 0.717) is 26.3 Å². The lowest BCUT2D eigenvalue weighted by Crippen LogP contribution is -2.40. The molecule has 0 spiro atoms. The van der Waals surface area contributed by atoms with Crippen LogP contribution in [0.5, 0.6) is 0 Å². The Bertz CT molecular complexity index is 889. The fourth-order valence-electron chi connectivity index (χ4n) is 4.54. The first-order valence-corrected chi connectivity index (χ1v) is 10.8. The van der Waals surface area contributed by atoms with Crippen LogP contribution in [0.3, 0.4) is 0 Å². The van der Waals surface area contributed by atoms with Crippen LogP contribution >= 0.6 is 0 Å². The van der Waals surface area contributed by atoms with Crippen LogP contribution in [0, 0.1) is 11.7 Å². The Hall–Kier alpha value is -2.44. The zero-order chi connectivity index (χ0) is 20.9. The minimum Gasteiger partial charge on any atom is -0.481 e. The van der Waals surface area contributed by atoms with E-state index in [-0.39, 0.29) is 11.7 Å². The van der Waals surface area contributed by atoms with Gasteiger partial charge in [0, 0.05) is 31.0 Å². The lowest BCUT2D eigenvalue weighted by atomic mass is 9.98. The predicted octanol–water partition coefficient (Wildman–Crippen LogP) is 3.88. The summed E-state index contributed by atoms with van der Waals surface area (Å²) in [7, 11) is 0. The molecule has 0 amide bonds. The van der Waals surface area contributed by atoms with Gasteiger partial charge in [0.1, 0.15) is 5.82 Å². The zero-order valence-electron chi connectivity index (χ0n) is 17.2. The SMILES string of the molecule is O=C(O)[C@@H]1CCCN(CCOCCN2c3ccccc3CCc3ccc(F)cc32)C1. The second kappa shape index (κ2) is 9.58. The molecule has 1 N–H and O–H groups in total. The third kappa shape index (κ3) is 4.82. The predicted molar refractivity (Wildman–Crippen MR) is 115 cm³/mol. The molecule has 2 aliphatic rings. The summed E-state index contributed by atoms with van der Waals surface area (Å²) >= 11 is 0. The number of anilines is 2. The van der Waals surface area contributed by atoms with E-state index in [2.05, 4.69) is 21.9 Å². The van der Waals surface area contributed by atoms with Crippen LogP contribution in [0.4, 0.5) is 15.8 Å². The van der Waals surface area contributed by atoms with Crippen molar-refractivity contribution in [3.05, 3.63) is 59.4 Å². The molecule has 2 heterocycles. The number of hydrogen-bond acceptors (Lipinski definition) is 4. The smallest absolute Gasteiger partial charge is 0.307 e. The molecule has 6 heteroatoms. The number of ether oxygens (including phenoxy) is 1. The maximum Gasteiger partial charge on any atom is 0.307 e. The van der Waals surface area contributed by atoms with Gasteiger partial charge in [0.2, 0.25) is 0 Å². The van der Waals surface area contributed by atoms with E-state index in [1.54, 1.807) is 6.07 Å². The summed E-state index contributed by atoms with van der Waals surface area (Å²) in [6.07, 6.45) is 3.51. The number of halogens is 1. The van der Waals surface area contributed by atoms with Gasteiger partial charge < -0.3 is 19.6 Å². The molecule has 0 saturated carbocycles. The fourth-order valence-corrected chi connectivity index (χ4v) is 4.54. The van der Waals surface area contributed by atoms with Gasteiger partial charge in [-0.1, -0.05) is 24.3 Å². The monoisotopic (exact) mass is 412 g/mol. The molecule has 160 valence electrons. The Labute approximate surface area is 177 Å². The van der Waals surface area contributed by atoms with Crippen LogP contribution in [0.15, 0.2) is 42.5 Å². The molecule has 5 nitrogen and oxygen atoms in total. The van der Waals surface area contributed by atoms with Crippen molar-refractivity contribution in [2.45, 2.75) is 25.7 Å². The summed E-state index contributed by atoms with van der Waals surface area (Å²) in [6, 6.07) is 13.3. The van der Waals surface area contributed by atoms with Gasteiger partial charge in [0.05, 0.1) is 19.1 Å². The Morgan fingerprint density at radius 1 is 1.07 bits per heavy atom. The average Bonchev–Trinajstić information content (AvgIpc) is 2.90. The molecule has 2 aliphatic heterocycles. The summed E-state index contributed by atoms with van der Waals surface area (Å²) in [5.74, 6) is -1.19. The lowest BCUT2D eigenvalue weighted by molar-refractivity contribution is -0.143. The number of carbonyl (C=O) groups is 1. The van der Waals surface area contributed by atoms with Gasteiger partial charge in [-0.2, -0.15) is 0 Å². The highest BCUT2D eigenvalue weighted by Crippen LogP contribution is 2.36. The third-order valence-electron chi connectivity index (χ3n) is 6.15. The third-order valence-corrected chi connectivity index (χ3v) is 6.15. The lowest BCUT2D eigenvalue weighted by Gasteiger charge is -2.30. The molecule has 2 aromatic rings. The highest BCUT2D eigenvalue weighted by Gasteiger charge is 2.25. The van der Waals surface area contributed by atoms with E-state index >= 15 is 0 Å². The minimum atomic E-state index is -0.702. The molecule has 0 aromatic heterocycles. The van der Waals surface area contributed by atoms with Gasteiger partial charge in [0.25, 0.3) is 0 Å². The molecule has 1 fully saturated rings. The van der Waals surface area contributed by atoms with Crippen molar-refractivity contribution in [2.24, 2.45) is 5.92 Å². The van der Waals surface area contributed by atoms with Crippen LogP contribution in [-0.4, -0.2) is 55.4 Å². The highest BCUT2D eigenvalue weighted by molar-refractivity contribution is 5.71. The number of aryl methyl sites for hydroxylation is 2. The maximum absolute atomic E-state index is 14.0. The molecule has 30 heavy (non-hydrogen) atoms. The Morgan fingerprint density at radius 2 is 1.83 bits per heavy atom. The van der Waals surface area contributed by atoms with E-state index < -0.39 is 5.97 Å². The number of benzene rings is 2. The van der Waals surface area contributed by atoms with E-state index in [4.69, 9.17) is 4.74 Å². The van der Waals surface area contributed by atoms with Gasteiger partial charge in [-0.05, 0) is 61.6 Å². The summed E-state index contributed by atoms with van der Waals surface area (Å²) in [5, 5.41) is 9.22. The van der Waals surface area contributed by atoms with E-state index in [9.17, 15) is 14.3 Å². The Kier molecular flexibility index (Phi) is 6.65. The second-order valence-corrected chi connectivity index (χ2v) is 8.14. The van der Waals surface area contributed by atoms with Crippen molar-refractivity contribution in [3.8, 4) is 0 Å². The van der Waals surface area contributed by atoms with E-state index in [1.165, 1.54) is 11.6 Å². The Balaban J connectivity index is 1.36. The van der Waals surface area contributed by atoms with Gasteiger partial charge in [-0.3, -0.25) is 4.79 Å². The standard InChI is InChI=1S/C24H29FN2O3/c25-21-10-9-19-8-7-18-4-1-2-6-22(18)27(23(19)16-21)13-15-30-14-12-26-11-3-5-20(17-26)24(28)29/h1-2,4,6,9-10,16,20H,3,5,7-8,11-15,17H2,(H,28,29)/t20-/m1/s1. The van der Waals surface area contributed by atoms with Crippen LogP contribution in [0.2, 0.25) is 0 Å². The van der Waals surface area contributed by atoms with Crippen molar-refractivity contribution in [1.82, 2.24) is 4.90 Å². The quantitative estimate of drug-likeness (QED) is 0.700. The number of piperidine rings is 1. The molecule has 1 saturated heterocycles. The van der Waals surface area contributed by atoms with Gasteiger partial charge in [0.15, 0.2) is 0 Å². The number of carboxylic acid groups (broad SMARTS) is 1. The minimum absolute atomic E-state index is 0.225.